The molecule has 3 nitrogen and oxygen atoms in total. The van der Waals surface area contributed by atoms with Crippen molar-refractivity contribution in [2.24, 2.45) is 0 Å². The van der Waals surface area contributed by atoms with Crippen molar-refractivity contribution in [1.29, 1.82) is 0 Å². The molecule has 1 aromatic rings. The van der Waals surface area contributed by atoms with E-state index in [1.165, 1.54) is 35.0 Å². The molecule has 0 saturated carbocycles. The zero-order valence-electron chi connectivity index (χ0n) is 9.75. The van der Waals surface area contributed by atoms with Crippen LogP contribution in [0, 0.1) is 6.92 Å². The molecule has 16 heavy (non-hydrogen) atoms. The number of rotatable bonds is 2. The maximum absolute atomic E-state index is 4.89. The van der Waals surface area contributed by atoms with Gasteiger partial charge in [0.25, 0.3) is 0 Å². The van der Waals surface area contributed by atoms with E-state index in [1.54, 1.807) is 0 Å². The average molecular weight is 237 g/mol. The minimum atomic E-state index is 0.659. The Morgan fingerprint density at radius 2 is 2.00 bits per heavy atom. The highest BCUT2D eigenvalue weighted by Gasteiger charge is 2.26. The summed E-state index contributed by atoms with van der Waals surface area (Å²) in [6, 6.07) is 0. The van der Waals surface area contributed by atoms with Crippen LogP contribution in [-0.4, -0.2) is 31.2 Å². The third-order valence-corrected chi connectivity index (χ3v) is 4.81. The molecule has 1 aromatic heterocycles. The molecule has 3 heterocycles. The molecule has 4 heteroatoms. The summed E-state index contributed by atoms with van der Waals surface area (Å²) >= 11 is 1.91. The molecular formula is C12H19N3S. The van der Waals surface area contributed by atoms with Crippen molar-refractivity contribution >= 4 is 11.3 Å². The van der Waals surface area contributed by atoms with Gasteiger partial charge in [-0.2, -0.15) is 0 Å². The first-order chi connectivity index (χ1) is 7.84. The lowest BCUT2D eigenvalue weighted by atomic mass is 9.95. The van der Waals surface area contributed by atoms with E-state index in [9.17, 15) is 0 Å². The van der Waals surface area contributed by atoms with Crippen molar-refractivity contribution in [1.82, 2.24) is 15.6 Å². The average Bonchev–Trinajstić information content (AvgIpc) is 2.59. The van der Waals surface area contributed by atoms with Crippen molar-refractivity contribution < 1.29 is 0 Å². The van der Waals surface area contributed by atoms with Crippen LogP contribution >= 0.6 is 11.3 Å². The Bertz CT molecular complexity index is 364. The van der Waals surface area contributed by atoms with Gasteiger partial charge in [-0.15, -0.1) is 11.3 Å². The van der Waals surface area contributed by atoms with Crippen molar-refractivity contribution in [3.8, 4) is 0 Å². The summed E-state index contributed by atoms with van der Waals surface area (Å²) < 4.78 is 0. The number of hydrogen-bond acceptors (Lipinski definition) is 4. The van der Waals surface area contributed by atoms with E-state index in [4.69, 9.17) is 4.98 Å². The molecule has 0 bridgehead atoms. The van der Waals surface area contributed by atoms with Gasteiger partial charge in [-0.25, -0.2) is 4.98 Å². The van der Waals surface area contributed by atoms with Crippen molar-refractivity contribution in [2.45, 2.75) is 31.6 Å². The number of aromatic nitrogens is 1. The van der Waals surface area contributed by atoms with Crippen LogP contribution in [0.1, 0.15) is 40.3 Å². The summed E-state index contributed by atoms with van der Waals surface area (Å²) in [6.07, 6.45) is 2.60. The number of piperidine rings is 1. The molecule has 1 unspecified atom stereocenters. The van der Waals surface area contributed by atoms with E-state index in [-0.39, 0.29) is 0 Å². The van der Waals surface area contributed by atoms with Gasteiger partial charge in [-0.1, -0.05) is 0 Å². The highest BCUT2D eigenvalue weighted by atomic mass is 32.1. The quantitative estimate of drug-likeness (QED) is 0.820. The first-order valence-electron chi connectivity index (χ1n) is 6.23. The molecule has 2 saturated heterocycles. The topological polar surface area (TPSA) is 37.0 Å². The lowest BCUT2D eigenvalue weighted by Gasteiger charge is -2.25. The van der Waals surface area contributed by atoms with Crippen molar-refractivity contribution in [3.05, 3.63) is 15.6 Å². The molecule has 1 atom stereocenters. The van der Waals surface area contributed by atoms with Crippen LogP contribution in [0.4, 0.5) is 0 Å². The standard InChI is InChI=1S/C12H19N3S/c1-8-11(9-3-2-4-13-5-9)15-12(16-8)10-6-14-7-10/h9-10,13-14H,2-7H2,1H3. The highest BCUT2D eigenvalue weighted by molar-refractivity contribution is 7.11. The summed E-state index contributed by atoms with van der Waals surface area (Å²) in [5.74, 6) is 1.35. The van der Waals surface area contributed by atoms with Crippen LogP contribution in [0.25, 0.3) is 0 Å². The summed E-state index contributed by atoms with van der Waals surface area (Å²) in [5, 5.41) is 8.16. The van der Waals surface area contributed by atoms with Crippen LogP contribution in [0.3, 0.4) is 0 Å². The van der Waals surface area contributed by atoms with Crippen molar-refractivity contribution in [2.75, 3.05) is 26.2 Å². The van der Waals surface area contributed by atoms with Gasteiger partial charge in [-0.3, -0.25) is 0 Å². The minimum Gasteiger partial charge on any atom is -0.316 e. The number of hydrogen-bond donors (Lipinski definition) is 2. The molecule has 0 aromatic carbocycles. The number of nitrogens with one attached hydrogen (secondary N) is 2. The predicted molar refractivity (Wildman–Crippen MR) is 67.3 cm³/mol. The van der Waals surface area contributed by atoms with E-state index in [2.05, 4.69) is 17.6 Å². The SMILES string of the molecule is Cc1sc(C2CNC2)nc1C1CCCNC1. The number of thiazole rings is 1. The number of aryl methyl sites for hydroxylation is 1. The van der Waals surface area contributed by atoms with Gasteiger partial charge in [0.1, 0.15) is 0 Å². The molecule has 2 N–H and O–H groups in total. The lowest BCUT2D eigenvalue weighted by molar-refractivity contribution is 0.437. The van der Waals surface area contributed by atoms with E-state index in [0.717, 1.165) is 19.6 Å². The van der Waals surface area contributed by atoms with Crippen LogP contribution in [0.15, 0.2) is 0 Å². The Balaban J connectivity index is 1.79. The molecule has 2 fully saturated rings. The first kappa shape index (κ1) is 10.7. The molecule has 0 aliphatic carbocycles. The predicted octanol–water partition coefficient (Wildman–Crippen LogP) is 1.61. The van der Waals surface area contributed by atoms with Crippen LogP contribution in [0.2, 0.25) is 0 Å². The van der Waals surface area contributed by atoms with Crippen molar-refractivity contribution in [3.63, 3.8) is 0 Å². The Hall–Kier alpha value is -0.450. The normalized spacial score (nSPS) is 26.7. The zero-order valence-corrected chi connectivity index (χ0v) is 10.6. The third-order valence-electron chi connectivity index (χ3n) is 3.66. The fourth-order valence-electron chi connectivity index (χ4n) is 2.53. The monoisotopic (exact) mass is 237 g/mol. The van der Waals surface area contributed by atoms with Gasteiger partial charge in [0.05, 0.1) is 10.7 Å². The van der Waals surface area contributed by atoms with Gasteiger partial charge >= 0.3 is 0 Å². The first-order valence-corrected chi connectivity index (χ1v) is 7.05. The molecule has 0 amide bonds. The Morgan fingerprint density at radius 1 is 1.19 bits per heavy atom. The minimum absolute atomic E-state index is 0.659. The van der Waals surface area contributed by atoms with Crippen LogP contribution in [0.5, 0.6) is 0 Å². The Labute approximate surface area is 101 Å². The Kier molecular flexibility index (Phi) is 2.96. The molecule has 2 aliphatic heterocycles. The maximum Gasteiger partial charge on any atom is 0.0987 e. The fourth-order valence-corrected chi connectivity index (χ4v) is 3.64. The smallest absolute Gasteiger partial charge is 0.0987 e. The largest absolute Gasteiger partial charge is 0.316 e. The zero-order chi connectivity index (χ0) is 11.0. The van der Waals surface area contributed by atoms with Gasteiger partial charge in [0.2, 0.25) is 0 Å². The molecule has 3 rings (SSSR count). The lowest BCUT2D eigenvalue weighted by Crippen LogP contribution is -2.39. The molecule has 0 radical (unpaired) electrons. The maximum atomic E-state index is 4.89. The second kappa shape index (κ2) is 4.43. The van der Waals surface area contributed by atoms with Crippen LogP contribution < -0.4 is 10.6 Å². The van der Waals surface area contributed by atoms with Gasteiger partial charge in [0.15, 0.2) is 0 Å². The van der Waals surface area contributed by atoms with Gasteiger partial charge < -0.3 is 10.6 Å². The summed E-state index contributed by atoms with van der Waals surface area (Å²) in [6.45, 7) is 6.77. The second-order valence-electron chi connectivity index (χ2n) is 4.89. The van der Waals surface area contributed by atoms with E-state index < -0.39 is 0 Å². The van der Waals surface area contributed by atoms with Crippen LogP contribution in [-0.2, 0) is 0 Å². The molecule has 0 spiro atoms. The van der Waals surface area contributed by atoms with E-state index in [1.807, 2.05) is 11.3 Å². The van der Waals surface area contributed by atoms with E-state index in [0.29, 0.717) is 11.8 Å². The summed E-state index contributed by atoms with van der Waals surface area (Å²) in [7, 11) is 0. The fraction of sp³-hybridized carbons (Fsp3) is 0.750. The Morgan fingerprint density at radius 3 is 2.62 bits per heavy atom. The molecule has 88 valence electrons. The van der Waals surface area contributed by atoms with Gasteiger partial charge in [-0.05, 0) is 26.3 Å². The summed E-state index contributed by atoms with van der Waals surface area (Å²) in [5.41, 5.74) is 1.37. The molecular weight excluding hydrogens is 218 g/mol. The molecule has 2 aliphatic rings. The third kappa shape index (κ3) is 1.90. The van der Waals surface area contributed by atoms with Gasteiger partial charge in [0, 0.05) is 36.3 Å². The summed E-state index contributed by atoms with van der Waals surface area (Å²) in [4.78, 5) is 6.33. The van der Waals surface area contributed by atoms with E-state index >= 15 is 0 Å². The highest BCUT2D eigenvalue weighted by Crippen LogP contribution is 2.33. The second-order valence-corrected chi connectivity index (χ2v) is 6.13. The number of nitrogens with zero attached hydrogens (tertiary/aromatic N) is 1.